The maximum atomic E-state index is 10.7. The Labute approximate surface area is 120 Å². The van der Waals surface area contributed by atoms with E-state index in [2.05, 4.69) is 8.67 Å². The van der Waals surface area contributed by atoms with Gasteiger partial charge in [-0.05, 0) is 24.3 Å². The summed E-state index contributed by atoms with van der Waals surface area (Å²) in [6.07, 6.45) is 0. The predicted octanol–water partition coefficient (Wildman–Crippen LogP) is -1.54. The van der Waals surface area contributed by atoms with Crippen molar-refractivity contribution in [2.45, 2.75) is 4.90 Å². The van der Waals surface area contributed by atoms with Gasteiger partial charge in [-0.15, -0.1) is 0 Å². The van der Waals surface area contributed by atoms with Gasteiger partial charge in [0.05, 0.1) is 4.90 Å². The van der Waals surface area contributed by atoms with Gasteiger partial charge in [-0.1, -0.05) is 8.67 Å². The highest BCUT2D eigenvalue weighted by molar-refractivity contribution is 7.89. The lowest BCUT2D eigenvalue weighted by molar-refractivity contribution is -0.105. The Bertz CT molecular complexity index is 733. The zero-order chi connectivity index (χ0) is 16.9. The highest BCUT2D eigenvalue weighted by atomic mass is 32.3. The highest BCUT2D eigenvalue weighted by Gasteiger charge is 2.13. The maximum Gasteiger partial charge on any atom is 0.425 e. The standard InChI is InChI=1S/C6H8N2O2S.H2O8S2/c7-5-1-3-6(4-2-5)11(8,9)10;1-9(2,3)7-8-10(4,5)6/h1-4H,7H2,(H2,8,9,10);(H,1,2,3)(H,4,5,6). The first-order chi connectivity index (χ1) is 9.21. The lowest BCUT2D eigenvalue weighted by atomic mass is 10.3. The number of nitrogens with two attached hydrogens (primary N) is 2. The quantitative estimate of drug-likeness (QED) is 0.207. The number of benzene rings is 1. The second-order valence-corrected chi connectivity index (χ2v) is 6.65. The number of hydrogen-bond donors (Lipinski definition) is 4. The van der Waals surface area contributed by atoms with Gasteiger partial charge in [-0.3, -0.25) is 9.11 Å². The van der Waals surface area contributed by atoms with E-state index in [9.17, 15) is 25.3 Å². The molecule has 0 aliphatic carbocycles. The predicted molar refractivity (Wildman–Crippen MR) is 67.5 cm³/mol. The van der Waals surface area contributed by atoms with Gasteiger partial charge in [0.25, 0.3) is 0 Å². The molecule has 0 unspecified atom stereocenters. The van der Waals surface area contributed by atoms with Crippen LogP contribution in [0.1, 0.15) is 0 Å². The number of nitrogen functional groups attached to an aromatic ring is 1. The largest absolute Gasteiger partial charge is 0.425 e. The summed E-state index contributed by atoms with van der Waals surface area (Å²) in [4.78, 5) is 0.0756. The topological polar surface area (TPSA) is 213 Å². The molecule has 1 rings (SSSR count). The minimum absolute atomic E-state index is 0.0756. The molecule has 0 aliphatic rings. The van der Waals surface area contributed by atoms with Gasteiger partial charge in [-0.2, -0.15) is 16.8 Å². The molecule has 0 aliphatic heterocycles. The molecule has 15 heteroatoms. The summed E-state index contributed by atoms with van der Waals surface area (Å²) in [7, 11) is -13.6. The van der Waals surface area contributed by atoms with E-state index in [0.717, 1.165) is 0 Å². The average Bonchev–Trinajstić information content (AvgIpc) is 2.25. The Hall–Kier alpha value is -1.33. The van der Waals surface area contributed by atoms with Crippen molar-refractivity contribution in [2.75, 3.05) is 5.73 Å². The Morgan fingerprint density at radius 1 is 0.810 bits per heavy atom. The molecule has 0 heterocycles. The number of hydrogen-bond acceptors (Lipinski definition) is 9. The first kappa shape index (κ1) is 19.7. The van der Waals surface area contributed by atoms with Crippen LogP contribution in [-0.4, -0.2) is 34.4 Å². The number of primary sulfonamides is 1. The first-order valence-electron chi connectivity index (χ1n) is 4.42. The van der Waals surface area contributed by atoms with Gasteiger partial charge in [0.1, 0.15) is 0 Å². The van der Waals surface area contributed by atoms with E-state index < -0.39 is 30.8 Å². The van der Waals surface area contributed by atoms with Gasteiger partial charge >= 0.3 is 20.8 Å². The minimum atomic E-state index is -5.02. The van der Waals surface area contributed by atoms with E-state index in [1.54, 1.807) is 0 Å². The van der Waals surface area contributed by atoms with E-state index in [1.165, 1.54) is 24.3 Å². The van der Waals surface area contributed by atoms with Crippen LogP contribution in [0.15, 0.2) is 29.2 Å². The zero-order valence-corrected chi connectivity index (χ0v) is 12.3. The SMILES string of the molecule is Nc1ccc(S(N)(=O)=O)cc1.O=S(=O)(O)OOS(=O)(=O)O. The van der Waals surface area contributed by atoms with Crippen molar-refractivity contribution in [3.05, 3.63) is 24.3 Å². The molecule has 0 saturated heterocycles. The Morgan fingerprint density at radius 2 is 1.14 bits per heavy atom. The highest BCUT2D eigenvalue weighted by Crippen LogP contribution is 2.08. The van der Waals surface area contributed by atoms with Crippen LogP contribution < -0.4 is 10.9 Å². The molecule has 0 atom stereocenters. The molecular weight excluding hydrogens is 356 g/mol. The molecule has 0 bridgehead atoms. The van der Waals surface area contributed by atoms with E-state index in [-0.39, 0.29) is 4.90 Å². The molecule has 0 radical (unpaired) electrons. The van der Waals surface area contributed by atoms with Gasteiger partial charge in [0.2, 0.25) is 10.0 Å². The van der Waals surface area contributed by atoms with E-state index in [4.69, 9.17) is 20.0 Å². The zero-order valence-electron chi connectivity index (χ0n) is 9.85. The molecule has 0 saturated carbocycles. The van der Waals surface area contributed by atoms with Crippen molar-refractivity contribution in [1.29, 1.82) is 0 Å². The van der Waals surface area contributed by atoms with Crippen molar-refractivity contribution in [2.24, 2.45) is 5.14 Å². The molecule has 6 N–H and O–H groups in total. The summed E-state index contributed by atoms with van der Waals surface area (Å²) in [5.74, 6) is 0. The normalized spacial score (nSPS) is 12.3. The monoisotopic (exact) mass is 366 g/mol. The third-order valence-electron chi connectivity index (χ3n) is 1.41. The second-order valence-electron chi connectivity index (χ2n) is 3.11. The van der Waals surface area contributed by atoms with Gasteiger partial charge in [0.15, 0.2) is 0 Å². The number of anilines is 1. The van der Waals surface area contributed by atoms with Crippen LogP contribution in [-0.2, 0) is 39.5 Å². The molecule has 1 aromatic rings. The summed E-state index contributed by atoms with van der Waals surface area (Å²) in [6.45, 7) is 0. The van der Waals surface area contributed by atoms with Crippen LogP contribution >= 0.6 is 0 Å². The smallest absolute Gasteiger partial charge is 0.399 e. The minimum Gasteiger partial charge on any atom is -0.399 e. The summed E-state index contributed by atoms with van der Waals surface area (Å²) < 4.78 is 80.2. The molecule has 21 heavy (non-hydrogen) atoms. The van der Waals surface area contributed by atoms with Crippen molar-refractivity contribution in [3.63, 3.8) is 0 Å². The van der Waals surface area contributed by atoms with Gasteiger partial charge in [-0.25, -0.2) is 13.6 Å². The van der Waals surface area contributed by atoms with Gasteiger partial charge in [0, 0.05) is 5.69 Å². The Balaban J connectivity index is 0.000000384. The molecule has 122 valence electrons. The summed E-state index contributed by atoms with van der Waals surface area (Å²) in [5, 5.41) is 4.84. The van der Waals surface area contributed by atoms with Crippen LogP contribution in [0.5, 0.6) is 0 Å². The van der Waals surface area contributed by atoms with Crippen LogP contribution in [0, 0.1) is 0 Å². The molecule has 0 aromatic heterocycles. The van der Waals surface area contributed by atoms with Crippen LogP contribution in [0.2, 0.25) is 0 Å². The van der Waals surface area contributed by atoms with Crippen LogP contribution in [0.25, 0.3) is 0 Å². The maximum absolute atomic E-state index is 10.7. The molecule has 12 nitrogen and oxygen atoms in total. The fourth-order valence-electron chi connectivity index (χ4n) is 0.728. The lowest BCUT2D eigenvalue weighted by Crippen LogP contribution is -2.11. The fourth-order valence-corrected chi connectivity index (χ4v) is 1.80. The Morgan fingerprint density at radius 3 is 1.38 bits per heavy atom. The molecule has 0 amide bonds. The van der Waals surface area contributed by atoms with Crippen LogP contribution in [0.3, 0.4) is 0 Å². The lowest BCUT2D eigenvalue weighted by Gasteiger charge is -1.96. The molecule has 0 spiro atoms. The summed E-state index contributed by atoms with van der Waals surface area (Å²) >= 11 is 0. The van der Waals surface area contributed by atoms with Crippen molar-refractivity contribution in [3.8, 4) is 0 Å². The van der Waals surface area contributed by atoms with Crippen molar-refractivity contribution >= 4 is 36.5 Å². The summed E-state index contributed by atoms with van der Waals surface area (Å²) in [6, 6.07) is 5.70. The second kappa shape index (κ2) is 7.09. The average molecular weight is 366 g/mol. The third-order valence-corrected chi connectivity index (χ3v) is 2.90. The number of sulfonamides is 1. The Kier molecular flexibility index (Phi) is 6.64. The number of rotatable bonds is 4. The summed E-state index contributed by atoms with van der Waals surface area (Å²) in [5.41, 5.74) is 5.85. The van der Waals surface area contributed by atoms with E-state index in [0.29, 0.717) is 5.69 Å². The van der Waals surface area contributed by atoms with Crippen LogP contribution in [0.4, 0.5) is 5.69 Å². The van der Waals surface area contributed by atoms with E-state index >= 15 is 0 Å². The molecule has 1 aromatic carbocycles. The van der Waals surface area contributed by atoms with Gasteiger partial charge < -0.3 is 5.73 Å². The molecular formula is C6H10N2O10S3. The van der Waals surface area contributed by atoms with Crippen molar-refractivity contribution < 1.29 is 43.0 Å². The molecule has 0 fully saturated rings. The third kappa shape index (κ3) is 11.0. The first-order valence-corrected chi connectivity index (χ1v) is 8.69. The van der Waals surface area contributed by atoms with E-state index in [1.807, 2.05) is 0 Å². The fraction of sp³-hybridized carbons (Fsp3) is 0. The van der Waals surface area contributed by atoms with Crippen molar-refractivity contribution in [1.82, 2.24) is 0 Å².